The number of hydrogen-bond acceptors (Lipinski definition) is 4. The zero-order chi connectivity index (χ0) is 18.8. The number of carbonyl (C=O) groups is 1. The molecule has 0 aliphatic carbocycles. The van der Waals surface area contributed by atoms with E-state index in [0.717, 1.165) is 23.4 Å². The second-order valence-electron chi connectivity index (χ2n) is 6.08. The number of nitrogens with zero attached hydrogens (tertiary/aromatic N) is 1. The van der Waals surface area contributed by atoms with Crippen LogP contribution in [0.25, 0.3) is 5.52 Å². The molecule has 0 fully saturated rings. The SMILES string of the molecule is CCNc1cc(Cl)cc(C(=O)NCc2c(C)cc3ccon3c2=O)c1C. The van der Waals surface area contributed by atoms with E-state index in [2.05, 4.69) is 10.6 Å². The van der Waals surface area contributed by atoms with E-state index in [9.17, 15) is 9.59 Å². The van der Waals surface area contributed by atoms with Gasteiger partial charge in [0.25, 0.3) is 11.5 Å². The van der Waals surface area contributed by atoms with Gasteiger partial charge in [-0.15, -0.1) is 4.57 Å². The Hall–Kier alpha value is -2.73. The molecule has 0 radical (unpaired) electrons. The van der Waals surface area contributed by atoms with Crippen molar-refractivity contribution in [3.05, 3.63) is 68.2 Å². The van der Waals surface area contributed by atoms with Crippen molar-refractivity contribution in [3.8, 4) is 0 Å². The molecule has 0 aliphatic rings. The fraction of sp³-hybridized carbons (Fsp3) is 0.263. The van der Waals surface area contributed by atoms with Crippen molar-refractivity contribution in [2.75, 3.05) is 11.9 Å². The van der Waals surface area contributed by atoms with Crippen LogP contribution in [0.4, 0.5) is 5.69 Å². The largest absolute Gasteiger partial charge is 0.385 e. The summed E-state index contributed by atoms with van der Waals surface area (Å²) in [4.78, 5) is 25.2. The molecule has 0 saturated carbocycles. The average Bonchev–Trinajstić information content (AvgIpc) is 3.06. The van der Waals surface area contributed by atoms with E-state index < -0.39 is 0 Å². The lowest BCUT2D eigenvalue weighted by Gasteiger charge is -2.14. The van der Waals surface area contributed by atoms with Crippen LogP contribution in [0.3, 0.4) is 0 Å². The van der Waals surface area contributed by atoms with E-state index in [0.29, 0.717) is 21.7 Å². The Morgan fingerprint density at radius 1 is 1.27 bits per heavy atom. The van der Waals surface area contributed by atoms with Gasteiger partial charge >= 0.3 is 0 Å². The number of fused-ring (bicyclic) bond motifs is 1. The lowest BCUT2D eigenvalue weighted by molar-refractivity contribution is 0.0950. The van der Waals surface area contributed by atoms with E-state index in [1.54, 1.807) is 18.2 Å². The highest BCUT2D eigenvalue weighted by Crippen LogP contribution is 2.25. The van der Waals surface area contributed by atoms with Crippen molar-refractivity contribution in [2.45, 2.75) is 27.3 Å². The van der Waals surface area contributed by atoms with Crippen molar-refractivity contribution in [2.24, 2.45) is 0 Å². The van der Waals surface area contributed by atoms with Gasteiger partial charge in [-0.05, 0) is 50.1 Å². The summed E-state index contributed by atoms with van der Waals surface area (Å²) in [5, 5.41) is 6.48. The van der Waals surface area contributed by atoms with Gasteiger partial charge in [0.2, 0.25) is 0 Å². The summed E-state index contributed by atoms with van der Waals surface area (Å²) >= 11 is 6.14. The Balaban J connectivity index is 1.87. The lowest BCUT2D eigenvalue weighted by Crippen LogP contribution is -2.29. The van der Waals surface area contributed by atoms with Gasteiger partial charge in [0.05, 0.1) is 5.52 Å². The molecule has 2 heterocycles. The third kappa shape index (κ3) is 3.32. The molecular weight excluding hydrogens is 354 g/mol. The molecule has 0 spiro atoms. The standard InChI is InChI=1S/C19H20ClN3O3/c1-4-21-17-9-13(20)8-15(12(17)3)18(24)22-10-16-11(2)7-14-5-6-26-23(14)19(16)25/h5-9,21H,4,10H2,1-3H3,(H,22,24). The molecule has 0 aliphatic heterocycles. The molecule has 6 nitrogen and oxygen atoms in total. The van der Waals surface area contributed by atoms with Crippen LogP contribution in [-0.2, 0) is 6.54 Å². The van der Waals surface area contributed by atoms with Gasteiger partial charge in [-0.2, -0.15) is 0 Å². The topological polar surface area (TPSA) is 75.8 Å². The molecule has 2 N–H and O–H groups in total. The van der Waals surface area contributed by atoms with Crippen molar-refractivity contribution >= 4 is 28.7 Å². The predicted molar refractivity (Wildman–Crippen MR) is 102 cm³/mol. The number of rotatable bonds is 5. The molecule has 3 rings (SSSR count). The zero-order valence-electron chi connectivity index (χ0n) is 14.9. The molecule has 136 valence electrons. The molecule has 0 unspecified atom stereocenters. The van der Waals surface area contributed by atoms with Crippen LogP contribution in [0.1, 0.15) is 34.0 Å². The Labute approximate surface area is 155 Å². The monoisotopic (exact) mass is 373 g/mol. The molecular formula is C19H20ClN3O3. The van der Waals surface area contributed by atoms with Gasteiger partial charge in [0, 0.05) is 41.0 Å². The molecule has 7 heteroatoms. The first kappa shape index (κ1) is 18.1. The Kier molecular flexibility index (Phi) is 5.04. The molecule has 3 aromatic rings. The van der Waals surface area contributed by atoms with Gasteiger partial charge < -0.3 is 15.2 Å². The Morgan fingerprint density at radius 3 is 2.77 bits per heavy atom. The first-order valence-corrected chi connectivity index (χ1v) is 8.71. The van der Waals surface area contributed by atoms with Crippen LogP contribution in [0.5, 0.6) is 0 Å². The summed E-state index contributed by atoms with van der Waals surface area (Å²) in [7, 11) is 0. The highest BCUT2D eigenvalue weighted by atomic mass is 35.5. The summed E-state index contributed by atoms with van der Waals surface area (Å²) < 4.78 is 6.39. The maximum Gasteiger partial charge on any atom is 0.289 e. The van der Waals surface area contributed by atoms with Crippen LogP contribution >= 0.6 is 11.6 Å². The summed E-state index contributed by atoms with van der Waals surface area (Å²) in [5.41, 5.74) is 3.79. The number of amides is 1. The lowest BCUT2D eigenvalue weighted by atomic mass is 10.1. The van der Waals surface area contributed by atoms with Crippen LogP contribution in [0.15, 0.2) is 39.8 Å². The zero-order valence-corrected chi connectivity index (χ0v) is 15.6. The number of anilines is 1. The minimum absolute atomic E-state index is 0.107. The van der Waals surface area contributed by atoms with Crippen molar-refractivity contribution in [3.63, 3.8) is 0 Å². The molecule has 2 aromatic heterocycles. The van der Waals surface area contributed by atoms with E-state index in [1.165, 1.54) is 10.8 Å². The molecule has 1 amide bonds. The van der Waals surface area contributed by atoms with Crippen molar-refractivity contribution in [1.29, 1.82) is 0 Å². The fourth-order valence-electron chi connectivity index (χ4n) is 2.93. The maximum absolute atomic E-state index is 12.7. The minimum Gasteiger partial charge on any atom is -0.385 e. The fourth-order valence-corrected chi connectivity index (χ4v) is 3.15. The van der Waals surface area contributed by atoms with Gasteiger partial charge in [-0.3, -0.25) is 9.59 Å². The van der Waals surface area contributed by atoms with Gasteiger partial charge in [0.15, 0.2) is 0 Å². The molecule has 0 atom stereocenters. The highest BCUT2D eigenvalue weighted by Gasteiger charge is 2.16. The maximum atomic E-state index is 12.7. The van der Waals surface area contributed by atoms with E-state index in [1.807, 2.05) is 26.8 Å². The summed E-state index contributed by atoms with van der Waals surface area (Å²) in [6, 6.07) is 6.98. The summed E-state index contributed by atoms with van der Waals surface area (Å²) in [5.74, 6) is -0.285. The van der Waals surface area contributed by atoms with E-state index in [4.69, 9.17) is 16.1 Å². The predicted octanol–water partition coefficient (Wildman–Crippen LogP) is 3.52. The van der Waals surface area contributed by atoms with Gasteiger partial charge in [-0.25, -0.2) is 0 Å². The Bertz CT molecular complexity index is 1040. The molecule has 1 aromatic carbocycles. The van der Waals surface area contributed by atoms with Crippen molar-refractivity contribution < 1.29 is 9.32 Å². The number of halogens is 1. The molecule has 26 heavy (non-hydrogen) atoms. The number of aromatic nitrogens is 1. The molecule has 0 saturated heterocycles. The normalized spacial score (nSPS) is 10.9. The summed E-state index contributed by atoms with van der Waals surface area (Å²) in [6.07, 6.45) is 1.45. The second-order valence-corrected chi connectivity index (χ2v) is 6.51. The van der Waals surface area contributed by atoms with Crippen LogP contribution in [0.2, 0.25) is 5.02 Å². The van der Waals surface area contributed by atoms with Crippen molar-refractivity contribution in [1.82, 2.24) is 9.89 Å². The third-order valence-corrected chi connectivity index (χ3v) is 4.55. The van der Waals surface area contributed by atoms with Gasteiger partial charge in [0.1, 0.15) is 6.26 Å². The number of aryl methyl sites for hydroxylation is 1. The number of hydrogen-bond donors (Lipinski definition) is 2. The number of nitrogens with one attached hydrogen (secondary N) is 2. The average molecular weight is 374 g/mol. The van der Waals surface area contributed by atoms with E-state index >= 15 is 0 Å². The third-order valence-electron chi connectivity index (χ3n) is 4.33. The van der Waals surface area contributed by atoms with Crippen LogP contribution < -0.4 is 16.2 Å². The minimum atomic E-state index is -0.285. The van der Waals surface area contributed by atoms with Crippen LogP contribution in [0, 0.1) is 13.8 Å². The molecule has 0 bridgehead atoms. The van der Waals surface area contributed by atoms with E-state index in [-0.39, 0.29) is 18.0 Å². The second kappa shape index (κ2) is 7.25. The smallest absolute Gasteiger partial charge is 0.289 e. The quantitative estimate of drug-likeness (QED) is 0.717. The highest BCUT2D eigenvalue weighted by molar-refractivity contribution is 6.31. The van der Waals surface area contributed by atoms with Crippen LogP contribution in [-0.4, -0.2) is 17.0 Å². The summed E-state index contributed by atoms with van der Waals surface area (Å²) in [6.45, 7) is 6.50. The first-order chi connectivity index (χ1) is 12.4. The number of carbonyl (C=O) groups excluding carboxylic acids is 1. The van der Waals surface area contributed by atoms with Gasteiger partial charge in [-0.1, -0.05) is 11.6 Å². The number of pyridine rings is 1. The number of benzene rings is 1. The first-order valence-electron chi connectivity index (χ1n) is 8.33. The Morgan fingerprint density at radius 2 is 2.04 bits per heavy atom.